The molecule has 0 saturated heterocycles. The normalized spacial score (nSPS) is 17.7. The van der Waals surface area contributed by atoms with Crippen molar-refractivity contribution in [3.8, 4) is 11.5 Å². The molecule has 1 fully saturated rings. The van der Waals surface area contributed by atoms with Crippen molar-refractivity contribution >= 4 is 0 Å². The molecule has 1 aliphatic carbocycles. The zero-order valence-electron chi connectivity index (χ0n) is 10.2. The molecule has 1 aromatic rings. The third-order valence-corrected chi connectivity index (χ3v) is 3.02. The molecule has 19 heavy (non-hydrogen) atoms. The Kier molecular flexibility index (Phi) is 3.89. The highest BCUT2D eigenvalue weighted by Crippen LogP contribution is 2.32. The first kappa shape index (κ1) is 14.0. The third-order valence-electron chi connectivity index (χ3n) is 3.02. The number of hydrogen-bond acceptors (Lipinski definition) is 3. The number of halogens is 3. The molecular weight excluding hydrogens is 261 g/mol. The van der Waals surface area contributed by atoms with Gasteiger partial charge in [0.2, 0.25) is 0 Å². The number of alkyl halides is 3. The molecule has 1 aliphatic rings. The van der Waals surface area contributed by atoms with Crippen molar-refractivity contribution in [1.29, 1.82) is 0 Å². The molecule has 1 saturated carbocycles. The summed E-state index contributed by atoms with van der Waals surface area (Å²) < 4.78 is 45.8. The molecule has 0 heterocycles. The van der Waals surface area contributed by atoms with Gasteiger partial charge < -0.3 is 14.6 Å². The van der Waals surface area contributed by atoms with Gasteiger partial charge in [-0.3, -0.25) is 0 Å². The van der Waals surface area contributed by atoms with Crippen LogP contribution in [0, 0.1) is 0 Å². The average molecular weight is 276 g/mol. The summed E-state index contributed by atoms with van der Waals surface area (Å²) in [6, 6.07) is 5.86. The molecule has 0 atom stereocenters. The summed E-state index contributed by atoms with van der Waals surface area (Å²) in [6.07, 6.45) is -1.91. The van der Waals surface area contributed by atoms with E-state index in [1.807, 2.05) is 0 Å². The van der Waals surface area contributed by atoms with Crippen LogP contribution in [0.1, 0.15) is 19.3 Å². The largest absolute Gasteiger partial charge is 0.491 e. The van der Waals surface area contributed by atoms with E-state index in [0.29, 0.717) is 5.75 Å². The lowest BCUT2D eigenvalue weighted by Gasteiger charge is -2.35. The number of ether oxygens (including phenoxy) is 2. The van der Waals surface area contributed by atoms with Crippen molar-refractivity contribution in [2.24, 2.45) is 0 Å². The molecule has 0 aliphatic heterocycles. The van der Waals surface area contributed by atoms with Crippen LogP contribution in [0.15, 0.2) is 24.3 Å². The minimum atomic E-state index is -4.34. The summed E-state index contributed by atoms with van der Waals surface area (Å²) in [5.41, 5.74) is -0.745. The molecule has 1 N–H and O–H groups in total. The fourth-order valence-corrected chi connectivity index (χ4v) is 1.74. The van der Waals surface area contributed by atoms with Crippen LogP contribution in [0.2, 0.25) is 0 Å². The molecule has 0 unspecified atom stereocenters. The van der Waals surface area contributed by atoms with Crippen molar-refractivity contribution in [2.45, 2.75) is 31.0 Å². The molecular formula is C13H15F3O3. The molecule has 106 valence electrons. The first-order chi connectivity index (χ1) is 8.86. The van der Waals surface area contributed by atoms with Crippen LogP contribution < -0.4 is 9.47 Å². The van der Waals surface area contributed by atoms with Crippen molar-refractivity contribution in [3.63, 3.8) is 0 Å². The lowest BCUT2D eigenvalue weighted by Crippen LogP contribution is -2.42. The molecule has 0 radical (unpaired) electrons. The fourth-order valence-electron chi connectivity index (χ4n) is 1.74. The average Bonchev–Trinajstić information content (AvgIpc) is 2.32. The maximum absolute atomic E-state index is 11.9. The zero-order chi connectivity index (χ0) is 13.9. The van der Waals surface area contributed by atoms with Crippen molar-refractivity contribution in [1.82, 2.24) is 0 Å². The Morgan fingerprint density at radius 1 is 1.05 bits per heavy atom. The molecule has 3 nitrogen and oxygen atoms in total. The SMILES string of the molecule is OC1(COc2ccc(OCC(F)(F)F)cc2)CCC1. The molecule has 0 spiro atoms. The Balaban J connectivity index is 1.81. The van der Waals surface area contributed by atoms with Crippen LogP contribution in [0.25, 0.3) is 0 Å². The van der Waals surface area contributed by atoms with E-state index in [4.69, 9.17) is 4.74 Å². The number of rotatable bonds is 5. The van der Waals surface area contributed by atoms with E-state index in [1.54, 1.807) is 0 Å². The first-order valence-electron chi connectivity index (χ1n) is 6.01. The Labute approximate surface area is 108 Å². The second-order valence-corrected chi connectivity index (χ2v) is 4.74. The maximum Gasteiger partial charge on any atom is 0.422 e. The second-order valence-electron chi connectivity index (χ2n) is 4.74. The molecule has 2 rings (SSSR count). The van der Waals surface area contributed by atoms with E-state index in [0.717, 1.165) is 19.3 Å². The van der Waals surface area contributed by atoms with Gasteiger partial charge in [0.05, 0.1) is 5.60 Å². The summed E-state index contributed by atoms with van der Waals surface area (Å²) >= 11 is 0. The molecule has 0 amide bonds. The van der Waals surface area contributed by atoms with Gasteiger partial charge in [0.25, 0.3) is 0 Å². The van der Waals surface area contributed by atoms with E-state index in [-0.39, 0.29) is 12.4 Å². The van der Waals surface area contributed by atoms with Gasteiger partial charge in [0.15, 0.2) is 6.61 Å². The monoisotopic (exact) mass is 276 g/mol. The van der Waals surface area contributed by atoms with Crippen molar-refractivity contribution < 1.29 is 27.8 Å². The van der Waals surface area contributed by atoms with E-state index in [9.17, 15) is 18.3 Å². The van der Waals surface area contributed by atoms with Gasteiger partial charge >= 0.3 is 6.18 Å². The molecule has 0 aromatic heterocycles. The summed E-state index contributed by atoms with van der Waals surface area (Å²) in [4.78, 5) is 0. The van der Waals surface area contributed by atoms with Crippen molar-refractivity contribution in [2.75, 3.05) is 13.2 Å². The highest BCUT2D eigenvalue weighted by Gasteiger charge is 2.35. The van der Waals surface area contributed by atoms with Crippen molar-refractivity contribution in [3.05, 3.63) is 24.3 Å². The minimum Gasteiger partial charge on any atom is -0.491 e. The van der Waals surface area contributed by atoms with E-state index in [2.05, 4.69) is 4.74 Å². The topological polar surface area (TPSA) is 38.7 Å². The standard InChI is InChI=1S/C13H15F3O3/c14-13(15,16)9-19-11-4-2-10(3-5-11)18-8-12(17)6-1-7-12/h2-5,17H,1,6-9H2. The first-order valence-corrected chi connectivity index (χ1v) is 6.01. The predicted octanol–water partition coefficient (Wildman–Crippen LogP) is 2.92. The Bertz CT molecular complexity index is 410. The molecule has 1 aromatic carbocycles. The second kappa shape index (κ2) is 5.28. The van der Waals surface area contributed by atoms with Gasteiger partial charge in [-0.05, 0) is 43.5 Å². The Morgan fingerprint density at radius 2 is 1.58 bits per heavy atom. The van der Waals surface area contributed by atoms with E-state index >= 15 is 0 Å². The lowest BCUT2D eigenvalue weighted by atomic mass is 9.81. The van der Waals surface area contributed by atoms with Gasteiger partial charge in [0.1, 0.15) is 18.1 Å². The molecule has 6 heteroatoms. The van der Waals surface area contributed by atoms with Crippen LogP contribution in [0.5, 0.6) is 11.5 Å². The van der Waals surface area contributed by atoms with Gasteiger partial charge in [-0.1, -0.05) is 0 Å². The zero-order valence-corrected chi connectivity index (χ0v) is 10.2. The minimum absolute atomic E-state index is 0.132. The van der Waals surface area contributed by atoms with Gasteiger partial charge in [-0.2, -0.15) is 13.2 Å². The van der Waals surface area contributed by atoms with Crippen LogP contribution in [-0.4, -0.2) is 30.1 Å². The quantitative estimate of drug-likeness (QED) is 0.898. The van der Waals surface area contributed by atoms with Gasteiger partial charge in [0, 0.05) is 0 Å². The fraction of sp³-hybridized carbons (Fsp3) is 0.538. The summed E-state index contributed by atoms with van der Waals surface area (Å²) in [7, 11) is 0. The maximum atomic E-state index is 11.9. The smallest absolute Gasteiger partial charge is 0.422 e. The van der Waals surface area contributed by atoms with Gasteiger partial charge in [-0.15, -0.1) is 0 Å². The van der Waals surface area contributed by atoms with Crippen LogP contribution in [0.3, 0.4) is 0 Å². The lowest BCUT2D eigenvalue weighted by molar-refractivity contribution is -0.153. The van der Waals surface area contributed by atoms with E-state index < -0.39 is 18.4 Å². The number of hydrogen-bond donors (Lipinski definition) is 1. The Hall–Kier alpha value is -1.43. The van der Waals surface area contributed by atoms with Crippen LogP contribution in [-0.2, 0) is 0 Å². The van der Waals surface area contributed by atoms with Gasteiger partial charge in [-0.25, -0.2) is 0 Å². The molecule has 0 bridgehead atoms. The van der Waals surface area contributed by atoms with Crippen LogP contribution >= 0.6 is 0 Å². The highest BCUT2D eigenvalue weighted by atomic mass is 19.4. The third kappa shape index (κ3) is 4.31. The number of benzene rings is 1. The summed E-state index contributed by atoms with van der Waals surface area (Å²) in [5, 5.41) is 9.82. The summed E-state index contributed by atoms with van der Waals surface area (Å²) in [6.45, 7) is -1.11. The van der Waals surface area contributed by atoms with E-state index in [1.165, 1.54) is 24.3 Å². The Morgan fingerprint density at radius 3 is 2.00 bits per heavy atom. The summed E-state index contributed by atoms with van der Waals surface area (Å²) in [5.74, 6) is 0.631. The number of aliphatic hydroxyl groups is 1. The predicted molar refractivity (Wildman–Crippen MR) is 62.3 cm³/mol. The van der Waals surface area contributed by atoms with Crippen LogP contribution in [0.4, 0.5) is 13.2 Å². The highest BCUT2D eigenvalue weighted by molar-refractivity contribution is 5.31.